The van der Waals surface area contributed by atoms with Crippen LogP contribution in [0.25, 0.3) is 0 Å². The summed E-state index contributed by atoms with van der Waals surface area (Å²) in [6, 6.07) is 11.3. The Balaban J connectivity index is 2.28. The molecule has 0 bridgehead atoms. The topological polar surface area (TPSA) is 87.7 Å². The van der Waals surface area contributed by atoms with E-state index in [1.165, 1.54) is 14.2 Å². The lowest BCUT2D eigenvalue weighted by molar-refractivity contribution is -0.306. The number of carbonyl (C=O) groups is 2. The molecule has 6 nitrogen and oxygen atoms in total. The van der Waals surface area contributed by atoms with Gasteiger partial charge in [-0.15, -0.1) is 0 Å². The molecule has 2 rings (SSSR count). The van der Waals surface area contributed by atoms with Crippen LogP contribution < -0.4 is 19.9 Å². The first kappa shape index (κ1) is 18.3. The van der Waals surface area contributed by atoms with Crippen molar-refractivity contribution in [2.24, 2.45) is 0 Å². The summed E-state index contributed by atoms with van der Waals surface area (Å²) in [5, 5.41) is 13.8. The van der Waals surface area contributed by atoms with Gasteiger partial charge in [0.25, 0.3) is 5.91 Å². The summed E-state index contributed by atoms with van der Waals surface area (Å²) in [5.41, 5.74) is 2.07. The fourth-order valence-electron chi connectivity index (χ4n) is 2.43. The molecule has 2 aromatic rings. The van der Waals surface area contributed by atoms with E-state index in [1.807, 2.05) is 19.1 Å². The Kier molecular flexibility index (Phi) is 6.00. The summed E-state index contributed by atoms with van der Waals surface area (Å²) >= 11 is 0. The second-order valence-corrected chi connectivity index (χ2v) is 5.58. The van der Waals surface area contributed by atoms with Crippen molar-refractivity contribution in [1.82, 2.24) is 5.32 Å². The maximum atomic E-state index is 12.4. The van der Waals surface area contributed by atoms with E-state index in [0.717, 1.165) is 5.56 Å². The van der Waals surface area contributed by atoms with Gasteiger partial charge >= 0.3 is 0 Å². The van der Waals surface area contributed by atoms with Gasteiger partial charge < -0.3 is 24.7 Å². The van der Waals surface area contributed by atoms with Gasteiger partial charge in [0.05, 0.1) is 20.3 Å². The van der Waals surface area contributed by atoms with Crippen LogP contribution in [0.4, 0.5) is 0 Å². The van der Waals surface area contributed by atoms with Crippen molar-refractivity contribution in [2.45, 2.75) is 19.4 Å². The molecule has 0 saturated carbocycles. The lowest BCUT2D eigenvalue weighted by Crippen LogP contribution is -2.34. The predicted octanol–water partition coefficient (Wildman–Crippen LogP) is 1.62. The van der Waals surface area contributed by atoms with E-state index in [-0.39, 0.29) is 12.3 Å². The Morgan fingerprint density at radius 3 is 2.24 bits per heavy atom. The fraction of sp³-hybridized carbons (Fsp3) is 0.263. The first-order valence-corrected chi connectivity index (χ1v) is 7.74. The summed E-state index contributed by atoms with van der Waals surface area (Å²) in [6.45, 7) is 1.92. The molecule has 0 aliphatic heterocycles. The van der Waals surface area contributed by atoms with Gasteiger partial charge in [-0.05, 0) is 36.8 Å². The third kappa shape index (κ3) is 4.73. The Morgan fingerprint density at radius 1 is 1.04 bits per heavy atom. The van der Waals surface area contributed by atoms with E-state index in [4.69, 9.17) is 9.47 Å². The average Bonchev–Trinajstić information content (AvgIpc) is 2.60. The zero-order valence-electron chi connectivity index (χ0n) is 14.4. The first-order valence-electron chi connectivity index (χ1n) is 7.74. The fourth-order valence-corrected chi connectivity index (χ4v) is 2.43. The highest BCUT2D eigenvalue weighted by atomic mass is 16.5. The molecule has 2 aromatic carbocycles. The number of aryl methyl sites for hydroxylation is 1. The third-order valence-electron chi connectivity index (χ3n) is 3.80. The molecule has 0 spiro atoms. The van der Waals surface area contributed by atoms with E-state index in [1.54, 1.807) is 30.3 Å². The number of aliphatic carboxylic acids is 1. The zero-order valence-corrected chi connectivity index (χ0v) is 14.4. The minimum atomic E-state index is -1.26. The average molecular weight is 342 g/mol. The number of nitrogens with one attached hydrogen (secondary N) is 1. The van der Waals surface area contributed by atoms with Crippen LogP contribution in [0.15, 0.2) is 42.5 Å². The molecule has 25 heavy (non-hydrogen) atoms. The smallest absolute Gasteiger partial charge is 0.251 e. The van der Waals surface area contributed by atoms with Gasteiger partial charge in [-0.1, -0.05) is 23.8 Å². The minimum Gasteiger partial charge on any atom is -0.550 e. The van der Waals surface area contributed by atoms with Crippen molar-refractivity contribution >= 4 is 11.9 Å². The number of amides is 1. The molecule has 0 radical (unpaired) electrons. The number of ether oxygens (including phenoxy) is 2. The molecule has 1 atom stereocenters. The highest BCUT2D eigenvalue weighted by Gasteiger charge is 2.18. The number of hydrogen-bond donors (Lipinski definition) is 1. The van der Waals surface area contributed by atoms with E-state index in [9.17, 15) is 14.7 Å². The second kappa shape index (κ2) is 8.19. The number of carbonyl (C=O) groups excluding carboxylic acids is 2. The molecule has 0 heterocycles. The van der Waals surface area contributed by atoms with E-state index in [2.05, 4.69) is 5.32 Å². The standard InChI is InChI=1S/C19H21NO5/c1-12-4-6-13(7-5-12)19(23)20-15(11-18(21)22)14-8-9-16(24-2)17(10-14)25-3/h4-10,15H,11H2,1-3H3,(H,20,23)(H,21,22)/p-1/t15-/m1/s1. The SMILES string of the molecule is COc1ccc([C@@H](CC(=O)[O-])NC(=O)c2ccc(C)cc2)cc1OC. The van der Waals surface area contributed by atoms with Gasteiger partial charge in [0.2, 0.25) is 0 Å². The first-order chi connectivity index (χ1) is 11.9. The maximum absolute atomic E-state index is 12.4. The number of rotatable bonds is 7. The normalized spacial score (nSPS) is 11.5. The largest absolute Gasteiger partial charge is 0.550 e. The molecule has 132 valence electrons. The zero-order chi connectivity index (χ0) is 18.4. The highest BCUT2D eigenvalue weighted by molar-refractivity contribution is 5.94. The lowest BCUT2D eigenvalue weighted by atomic mass is 10.0. The van der Waals surface area contributed by atoms with Crippen molar-refractivity contribution in [1.29, 1.82) is 0 Å². The van der Waals surface area contributed by atoms with E-state index in [0.29, 0.717) is 22.6 Å². The molecule has 6 heteroatoms. The van der Waals surface area contributed by atoms with E-state index >= 15 is 0 Å². The van der Waals surface area contributed by atoms with Crippen LogP contribution in [0.2, 0.25) is 0 Å². The number of benzene rings is 2. The highest BCUT2D eigenvalue weighted by Crippen LogP contribution is 2.31. The number of carboxylic acids is 1. The molecule has 0 aromatic heterocycles. The molecule has 0 aliphatic carbocycles. The molecule has 0 aliphatic rings. The molecular formula is C19H20NO5-. The van der Waals surface area contributed by atoms with Crippen molar-refractivity contribution in [3.63, 3.8) is 0 Å². The maximum Gasteiger partial charge on any atom is 0.251 e. The minimum absolute atomic E-state index is 0.354. The van der Waals surface area contributed by atoms with Gasteiger partial charge in [-0.3, -0.25) is 4.79 Å². The van der Waals surface area contributed by atoms with Crippen LogP contribution in [-0.2, 0) is 4.79 Å². The Morgan fingerprint density at radius 2 is 1.68 bits per heavy atom. The third-order valence-corrected chi connectivity index (χ3v) is 3.80. The van der Waals surface area contributed by atoms with Crippen molar-refractivity contribution in [3.05, 3.63) is 59.2 Å². The summed E-state index contributed by atoms with van der Waals surface area (Å²) in [6.07, 6.45) is -0.354. The molecule has 1 N–H and O–H groups in total. The lowest BCUT2D eigenvalue weighted by Gasteiger charge is -2.21. The van der Waals surface area contributed by atoms with Gasteiger partial charge in [0.1, 0.15) is 0 Å². The van der Waals surface area contributed by atoms with Crippen LogP contribution in [0.1, 0.15) is 33.9 Å². The number of methoxy groups -OCH3 is 2. The second-order valence-electron chi connectivity index (χ2n) is 5.58. The van der Waals surface area contributed by atoms with Crippen molar-refractivity contribution < 1.29 is 24.2 Å². The Labute approximate surface area is 146 Å². The Bertz CT molecular complexity index is 755. The van der Waals surface area contributed by atoms with Crippen LogP contribution in [0.5, 0.6) is 11.5 Å². The predicted molar refractivity (Wildman–Crippen MR) is 90.6 cm³/mol. The summed E-state index contributed by atoms with van der Waals surface area (Å²) < 4.78 is 10.4. The summed E-state index contributed by atoms with van der Waals surface area (Å²) in [4.78, 5) is 23.5. The quantitative estimate of drug-likeness (QED) is 0.826. The van der Waals surface area contributed by atoms with Crippen molar-refractivity contribution in [3.8, 4) is 11.5 Å². The summed E-state index contributed by atoms with van der Waals surface area (Å²) in [5.74, 6) is -0.652. The van der Waals surface area contributed by atoms with E-state index < -0.39 is 12.0 Å². The van der Waals surface area contributed by atoms with Crippen LogP contribution >= 0.6 is 0 Å². The van der Waals surface area contributed by atoms with Crippen molar-refractivity contribution in [2.75, 3.05) is 14.2 Å². The van der Waals surface area contributed by atoms with Crippen LogP contribution in [0, 0.1) is 6.92 Å². The summed E-state index contributed by atoms with van der Waals surface area (Å²) in [7, 11) is 3.00. The monoisotopic (exact) mass is 342 g/mol. The molecular weight excluding hydrogens is 322 g/mol. The molecule has 0 fully saturated rings. The van der Waals surface area contributed by atoms with Gasteiger partial charge in [0.15, 0.2) is 11.5 Å². The van der Waals surface area contributed by atoms with Crippen LogP contribution in [0.3, 0.4) is 0 Å². The Hall–Kier alpha value is -3.02. The molecule has 0 unspecified atom stereocenters. The number of carboxylic acid groups (broad SMARTS) is 1. The van der Waals surface area contributed by atoms with Gasteiger partial charge in [-0.25, -0.2) is 0 Å². The van der Waals surface area contributed by atoms with Gasteiger partial charge in [-0.2, -0.15) is 0 Å². The molecule has 1 amide bonds. The van der Waals surface area contributed by atoms with Gasteiger partial charge in [0, 0.05) is 18.0 Å². The number of hydrogen-bond acceptors (Lipinski definition) is 5. The molecule has 0 saturated heterocycles. The van der Waals surface area contributed by atoms with Crippen LogP contribution in [-0.4, -0.2) is 26.1 Å².